The number of imidazole rings is 1. The van der Waals surface area contributed by atoms with E-state index < -0.39 is 0 Å². The molecule has 0 aliphatic carbocycles. The van der Waals surface area contributed by atoms with Crippen LogP contribution in [0.5, 0.6) is 5.75 Å². The average molecular weight is 466 g/mol. The van der Waals surface area contributed by atoms with Crippen LogP contribution in [0.1, 0.15) is 11.4 Å². The lowest BCUT2D eigenvalue weighted by atomic mass is 10.1. The fourth-order valence-corrected chi connectivity index (χ4v) is 3.73. The number of nitrogens with zero attached hydrogens (tertiary/aromatic N) is 4. The van der Waals surface area contributed by atoms with Crippen LogP contribution in [0.25, 0.3) is 5.69 Å². The second kappa shape index (κ2) is 10.7. The third-order valence-corrected chi connectivity index (χ3v) is 5.23. The summed E-state index contributed by atoms with van der Waals surface area (Å²) in [7, 11) is 1.64. The Balaban J connectivity index is 1.95. The van der Waals surface area contributed by atoms with Gasteiger partial charge in [0.15, 0.2) is 0 Å². The standard InChI is InChI=1S/C22H23Cl3N4O/c1-16-26-9-12-29(16)21-6-4-18(25)13-20(21)27-15-17-3-5-19(14-22(17)30-2)28(10-7-23)11-8-24/h3-6,9,12-15H,7-8,10-11H2,1-2H3. The lowest BCUT2D eigenvalue weighted by Crippen LogP contribution is -2.27. The molecule has 0 fully saturated rings. The molecule has 1 heterocycles. The number of anilines is 1. The van der Waals surface area contributed by atoms with Gasteiger partial charge in [-0.3, -0.25) is 4.99 Å². The van der Waals surface area contributed by atoms with Crippen molar-refractivity contribution in [2.24, 2.45) is 4.99 Å². The van der Waals surface area contributed by atoms with E-state index in [9.17, 15) is 0 Å². The summed E-state index contributed by atoms with van der Waals surface area (Å²) in [4.78, 5) is 11.1. The molecule has 30 heavy (non-hydrogen) atoms. The number of halogens is 3. The number of aromatic nitrogens is 2. The summed E-state index contributed by atoms with van der Waals surface area (Å²) < 4.78 is 7.57. The minimum absolute atomic E-state index is 0.521. The van der Waals surface area contributed by atoms with Gasteiger partial charge in [0.2, 0.25) is 0 Å². The molecule has 2 aromatic carbocycles. The van der Waals surface area contributed by atoms with Crippen molar-refractivity contribution in [1.82, 2.24) is 9.55 Å². The Kier molecular flexibility index (Phi) is 8.02. The van der Waals surface area contributed by atoms with Gasteiger partial charge in [0.1, 0.15) is 11.6 Å². The Hall–Kier alpha value is -2.21. The molecule has 0 aliphatic heterocycles. The molecule has 0 atom stereocenters. The highest BCUT2D eigenvalue weighted by Gasteiger charge is 2.11. The minimum Gasteiger partial charge on any atom is -0.496 e. The molecule has 8 heteroatoms. The highest BCUT2D eigenvalue weighted by molar-refractivity contribution is 6.31. The van der Waals surface area contributed by atoms with Gasteiger partial charge < -0.3 is 14.2 Å². The van der Waals surface area contributed by atoms with Gasteiger partial charge >= 0.3 is 0 Å². The van der Waals surface area contributed by atoms with E-state index >= 15 is 0 Å². The van der Waals surface area contributed by atoms with Crippen molar-refractivity contribution in [2.45, 2.75) is 6.92 Å². The van der Waals surface area contributed by atoms with Crippen LogP contribution in [0, 0.1) is 6.92 Å². The van der Waals surface area contributed by atoms with Crippen LogP contribution < -0.4 is 9.64 Å². The van der Waals surface area contributed by atoms with Crippen molar-refractivity contribution in [2.75, 3.05) is 36.9 Å². The number of aryl methyl sites for hydroxylation is 1. The first kappa shape index (κ1) is 22.5. The monoisotopic (exact) mass is 464 g/mol. The first-order chi connectivity index (χ1) is 14.6. The summed E-state index contributed by atoms with van der Waals surface area (Å²) in [5.41, 5.74) is 3.49. The number of benzene rings is 2. The maximum Gasteiger partial charge on any atom is 0.129 e. The van der Waals surface area contributed by atoms with Crippen molar-refractivity contribution in [3.05, 3.63) is 65.2 Å². The van der Waals surface area contributed by atoms with Gasteiger partial charge in [-0.1, -0.05) is 11.6 Å². The number of alkyl halides is 2. The predicted octanol–water partition coefficient (Wildman–Crippen LogP) is 5.88. The SMILES string of the molecule is COc1cc(N(CCCl)CCCl)ccc1C=Nc1cc(Cl)ccc1-n1ccnc1C. The Morgan fingerprint density at radius 2 is 1.90 bits per heavy atom. The number of hydrogen-bond acceptors (Lipinski definition) is 4. The third kappa shape index (κ3) is 5.28. The molecule has 158 valence electrons. The third-order valence-electron chi connectivity index (χ3n) is 4.66. The predicted molar refractivity (Wildman–Crippen MR) is 127 cm³/mol. The molecule has 3 aromatic rings. The summed E-state index contributed by atoms with van der Waals surface area (Å²) in [6.45, 7) is 3.36. The molecule has 0 unspecified atom stereocenters. The van der Waals surface area contributed by atoms with E-state index in [1.54, 1.807) is 19.5 Å². The summed E-state index contributed by atoms with van der Waals surface area (Å²) in [5, 5.41) is 0.615. The largest absolute Gasteiger partial charge is 0.496 e. The summed E-state index contributed by atoms with van der Waals surface area (Å²) in [6, 6.07) is 11.6. The van der Waals surface area contributed by atoms with Crippen LogP contribution in [0.3, 0.4) is 0 Å². The molecule has 5 nitrogen and oxygen atoms in total. The van der Waals surface area contributed by atoms with Crippen LogP contribution in [-0.2, 0) is 0 Å². The van der Waals surface area contributed by atoms with Crippen LogP contribution >= 0.6 is 34.8 Å². The van der Waals surface area contributed by atoms with Gasteiger partial charge in [-0.05, 0) is 37.3 Å². The Morgan fingerprint density at radius 3 is 2.53 bits per heavy atom. The van der Waals surface area contributed by atoms with Gasteiger partial charge in [0.05, 0.1) is 18.5 Å². The highest BCUT2D eigenvalue weighted by Crippen LogP contribution is 2.30. The molecule has 0 radical (unpaired) electrons. The van der Waals surface area contributed by atoms with Crippen molar-refractivity contribution >= 4 is 52.4 Å². The summed E-state index contributed by atoms with van der Waals surface area (Å²) in [5.74, 6) is 2.63. The second-order valence-corrected chi connectivity index (χ2v) is 7.72. The van der Waals surface area contributed by atoms with Gasteiger partial charge in [-0.25, -0.2) is 4.98 Å². The molecule has 0 aliphatic rings. The van der Waals surface area contributed by atoms with Crippen LogP contribution in [-0.4, -0.2) is 47.7 Å². The normalized spacial score (nSPS) is 11.2. The Bertz CT molecular complexity index is 1010. The van der Waals surface area contributed by atoms with E-state index in [2.05, 4.69) is 9.88 Å². The molecule has 0 saturated carbocycles. The molecule has 0 saturated heterocycles. The molecule has 0 bridgehead atoms. The minimum atomic E-state index is 0.521. The smallest absolute Gasteiger partial charge is 0.129 e. The van der Waals surface area contributed by atoms with Crippen LogP contribution in [0.2, 0.25) is 5.02 Å². The number of methoxy groups -OCH3 is 1. The zero-order valence-electron chi connectivity index (χ0n) is 16.9. The topological polar surface area (TPSA) is 42.6 Å². The Morgan fingerprint density at radius 1 is 1.13 bits per heavy atom. The first-order valence-electron chi connectivity index (χ1n) is 9.46. The number of hydrogen-bond donors (Lipinski definition) is 0. The van der Waals surface area contributed by atoms with Crippen molar-refractivity contribution in [1.29, 1.82) is 0 Å². The van der Waals surface area contributed by atoms with E-state index in [0.717, 1.165) is 28.5 Å². The molecular formula is C22H23Cl3N4O. The molecule has 3 rings (SSSR count). The average Bonchev–Trinajstić information content (AvgIpc) is 3.17. The van der Waals surface area contributed by atoms with Crippen molar-refractivity contribution < 1.29 is 4.74 Å². The first-order valence-corrected chi connectivity index (χ1v) is 10.9. The van der Waals surface area contributed by atoms with Crippen molar-refractivity contribution in [3.8, 4) is 11.4 Å². The van der Waals surface area contributed by atoms with Gasteiger partial charge in [0.25, 0.3) is 0 Å². The molecular weight excluding hydrogens is 443 g/mol. The van der Waals surface area contributed by atoms with E-state index in [1.165, 1.54) is 0 Å². The molecule has 1 aromatic heterocycles. The molecule has 0 spiro atoms. The van der Waals surface area contributed by atoms with Gasteiger partial charge in [-0.2, -0.15) is 0 Å². The van der Waals surface area contributed by atoms with Crippen LogP contribution in [0.15, 0.2) is 53.8 Å². The lowest BCUT2D eigenvalue weighted by molar-refractivity contribution is 0.414. The molecule has 0 N–H and O–H groups in total. The zero-order chi connectivity index (χ0) is 21.5. The summed E-state index contributed by atoms with van der Waals surface area (Å²) in [6.07, 6.45) is 5.43. The van der Waals surface area contributed by atoms with E-state index in [0.29, 0.717) is 35.6 Å². The fourth-order valence-electron chi connectivity index (χ4n) is 3.15. The second-order valence-electron chi connectivity index (χ2n) is 6.53. The molecule has 0 amide bonds. The fraction of sp³-hybridized carbons (Fsp3) is 0.273. The summed E-state index contributed by atoms with van der Waals surface area (Å²) >= 11 is 18.1. The number of aliphatic imine (C=N–C) groups is 1. The lowest BCUT2D eigenvalue weighted by Gasteiger charge is -2.23. The van der Waals surface area contributed by atoms with Crippen LogP contribution in [0.4, 0.5) is 11.4 Å². The van der Waals surface area contributed by atoms with Gasteiger partial charge in [-0.15, -0.1) is 23.2 Å². The van der Waals surface area contributed by atoms with Gasteiger partial charge in [0, 0.05) is 65.8 Å². The quantitative estimate of drug-likeness (QED) is 0.293. The Labute approximate surface area is 191 Å². The van der Waals surface area contributed by atoms with Crippen molar-refractivity contribution in [3.63, 3.8) is 0 Å². The van der Waals surface area contributed by atoms with E-state index in [4.69, 9.17) is 44.5 Å². The zero-order valence-corrected chi connectivity index (χ0v) is 19.1. The van der Waals surface area contributed by atoms with E-state index in [1.807, 2.05) is 54.1 Å². The maximum absolute atomic E-state index is 6.22. The van der Waals surface area contributed by atoms with E-state index in [-0.39, 0.29) is 0 Å². The number of rotatable bonds is 9. The maximum atomic E-state index is 6.22. The number of ether oxygens (including phenoxy) is 1. The highest BCUT2D eigenvalue weighted by atomic mass is 35.5.